The first-order valence-corrected chi connectivity index (χ1v) is 10.1. The molecule has 0 saturated heterocycles. The fraction of sp³-hybridized carbons (Fsp3) is 0.208. The number of benzene rings is 3. The van der Waals surface area contributed by atoms with E-state index in [2.05, 4.69) is 15.8 Å². The molecule has 0 aromatic heterocycles. The Labute approximate surface area is 180 Å². The minimum Gasteiger partial charge on any atom is -0.486 e. The fourth-order valence-corrected chi connectivity index (χ4v) is 3.42. The fourth-order valence-electron chi connectivity index (χ4n) is 3.42. The number of nitrogens with zero attached hydrogens (tertiary/aromatic N) is 1. The zero-order valence-electron chi connectivity index (χ0n) is 17.2. The first kappa shape index (κ1) is 20.4. The van der Waals surface area contributed by atoms with Crippen molar-refractivity contribution in [1.29, 1.82) is 0 Å². The molecule has 1 aliphatic rings. The standard InChI is InChI=1S/C24H23N3O4/c1-16(13-23(28)25-19-9-10-21-22(15-19)31-12-11-30-21)26-27-24(29)14-18-7-4-6-17-5-2-3-8-20(17)18/h2-10,15H,11-14H2,1H3,(H,25,28)(H,27,29)/b26-16+. The highest BCUT2D eigenvalue weighted by molar-refractivity contribution is 6.05. The summed E-state index contributed by atoms with van der Waals surface area (Å²) in [7, 11) is 0. The molecule has 1 aliphatic heterocycles. The quantitative estimate of drug-likeness (QED) is 0.473. The van der Waals surface area contributed by atoms with E-state index in [9.17, 15) is 9.59 Å². The van der Waals surface area contributed by atoms with Gasteiger partial charge in [0.2, 0.25) is 11.8 Å². The highest BCUT2D eigenvalue weighted by Gasteiger charge is 2.13. The molecule has 0 saturated carbocycles. The SMILES string of the molecule is C/C(CC(=O)Nc1ccc2c(c1)OCCO2)=N\NC(=O)Cc1cccc2ccccc12. The van der Waals surface area contributed by atoms with Gasteiger partial charge in [0.25, 0.3) is 0 Å². The monoisotopic (exact) mass is 417 g/mol. The van der Waals surface area contributed by atoms with Crippen molar-refractivity contribution in [1.82, 2.24) is 5.43 Å². The molecule has 2 N–H and O–H groups in total. The van der Waals surface area contributed by atoms with Gasteiger partial charge < -0.3 is 14.8 Å². The molecule has 0 spiro atoms. The van der Waals surface area contributed by atoms with Gasteiger partial charge in [0.1, 0.15) is 13.2 Å². The summed E-state index contributed by atoms with van der Waals surface area (Å²) in [6.07, 6.45) is 0.268. The maximum atomic E-state index is 12.3. The molecule has 31 heavy (non-hydrogen) atoms. The van der Waals surface area contributed by atoms with Crippen molar-refractivity contribution in [2.24, 2.45) is 5.10 Å². The number of hydrogen-bond acceptors (Lipinski definition) is 5. The van der Waals surface area contributed by atoms with Crippen LogP contribution in [0, 0.1) is 0 Å². The first-order chi connectivity index (χ1) is 15.1. The van der Waals surface area contributed by atoms with Crippen LogP contribution in [0.25, 0.3) is 10.8 Å². The molecule has 0 unspecified atom stereocenters. The van der Waals surface area contributed by atoms with E-state index in [4.69, 9.17) is 9.47 Å². The van der Waals surface area contributed by atoms with Crippen molar-refractivity contribution in [2.45, 2.75) is 19.8 Å². The Morgan fingerprint density at radius 1 is 0.935 bits per heavy atom. The van der Waals surface area contributed by atoms with E-state index in [0.717, 1.165) is 16.3 Å². The third-order valence-corrected chi connectivity index (χ3v) is 4.84. The summed E-state index contributed by atoms with van der Waals surface area (Å²) in [6, 6.07) is 19.0. The van der Waals surface area contributed by atoms with Gasteiger partial charge in [-0.1, -0.05) is 42.5 Å². The molecule has 7 nitrogen and oxygen atoms in total. The van der Waals surface area contributed by atoms with Gasteiger partial charge in [-0.2, -0.15) is 5.10 Å². The normalized spacial score (nSPS) is 13.0. The molecule has 4 rings (SSSR count). The lowest BCUT2D eigenvalue weighted by molar-refractivity contribution is -0.120. The van der Waals surface area contributed by atoms with Gasteiger partial charge in [-0.05, 0) is 35.4 Å². The number of amides is 2. The van der Waals surface area contributed by atoms with Crippen molar-refractivity contribution in [3.8, 4) is 11.5 Å². The van der Waals surface area contributed by atoms with Gasteiger partial charge in [-0.15, -0.1) is 0 Å². The smallest absolute Gasteiger partial charge is 0.244 e. The van der Waals surface area contributed by atoms with Gasteiger partial charge in [0.05, 0.1) is 12.8 Å². The van der Waals surface area contributed by atoms with Crippen molar-refractivity contribution < 1.29 is 19.1 Å². The van der Waals surface area contributed by atoms with Crippen LogP contribution in [0.15, 0.2) is 65.8 Å². The molecule has 3 aromatic rings. The van der Waals surface area contributed by atoms with Crippen molar-refractivity contribution in [3.63, 3.8) is 0 Å². The molecular formula is C24H23N3O4. The lowest BCUT2D eigenvalue weighted by Crippen LogP contribution is -2.23. The van der Waals surface area contributed by atoms with E-state index < -0.39 is 0 Å². The summed E-state index contributed by atoms with van der Waals surface area (Å²) >= 11 is 0. The number of fused-ring (bicyclic) bond motifs is 2. The van der Waals surface area contributed by atoms with E-state index in [1.165, 1.54) is 0 Å². The van der Waals surface area contributed by atoms with Gasteiger partial charge in [-0.25, -0.2) is 5.43 Å². The Morgan fingerprint density at radius 3 is 2.58 bits per heavy atom. The summed E-state index contributed by atoms with van der Waals surface area (Å²) in [6.45, 7) is 2.69. The van der Waals surface area contributed by atoms with Crippen LogP contribution in [0.5, 0.6) is 11.5 Å². The number of rotatable bonds is 6. The Morgan fingerprint density at radius 2 is 1.71 bits per heavy atom. The van der Waals surface area contributed by atoms with E-state index in [-0.39, 0.29) is 24.7 Å². The second kappa shape index (κ2) is 9.30. The topological polar surface area (TPSA) is 89.0 Å². The summed E-state index contributed by atoms with van der Waals surface area (Å²) < 4.78 is 11.0. The van der Waals surface area contributed by atoms with Crippen LogP contribution in [0.3, 0.4) is 0 Å². The Balaban J connectivity index is 1.31. The van der Waals surface area contributed by atoms with Crippen molar-refractivity contribution in [3.05, 3.63) is 66.2 Å². The van der Waals surface area contributed by atoms with Crippen LogP contribution in [0.2, 0.25) is 0 Å². The molecule has 2 amide bonds. The van der Waals surface area contributed by atoms with E-state index >= 15 is 0 Å². The number of hydrogen-bond donors (Lipinski definition) is 2. The number of carbonyl (C=O) groups is 2. The van der Waals surface area contributed by atoms with Gasteiger partial charge in [-0.3, -0.25) is 9.59 Å². The summed E-state index contributed by atoms with van der Waals surface area (Å²) in [5.74, 6) is 0.801. The number of carbonyl (C=O) groups excluding carboxylic acids is 2. The van der Waals surface area contributed by atoms with Crippen LogP contribution in [-0.2, 0) is 16.0 Å². The molecule has 158 valence electrons. The maximum absolute atomic E-state index is 12.3. The summed E-state index contributed by atoms with van der Waals surface area (Å²) in [5, 5.41) is 8.99. The van der Waals surface area contributed by atoms with E-state index in [0.29, 0.717) is 36.1 Å². The minimum absolute atomic E-state index is 0.0585. The number of hydrazone groups is 1. The largest absolute Gasteiger partial charge is 0.486 e. The predicted molar refractivity (Wildman–Crippen MR) is 120 cm³/mol. The Hall–Kier alpha value is -3.87. The molecule has 7 heteroatoms. The number of nitrogens with one attached hydrogen (secondary N) is 2. The molecular weight excluding hydrogens is 394 g/mol. The number of anilines is 1. The first-order valence-electron chi connectivity index (χ1n) is 10.1. The molecule has 0 radical (unpaired) electrons. The van der Waals surface area contributed by atoms with Crippen LogP contribution < -0.4 is 20.2 Å². The van der Waals surface area contributed by atoms with E-state index in [1.807, 2.05) is 42.5 Å². The number of ether oxygens (including phenoxy) is 2. The van der Waals surface area contributed by atoms with Gasteiger partial charge in [0, 0.05) is 17.5 Å². The highest BCUT2D eigenvalue weighted by atomic mass is 16.6. The zero-order chi connectivity index (χ0) is 21.6. The molecule has 0 atom stereocenters. The lowest BCUT2D eigenvalue weighted by atomic mass is 10.0. The second-order valence-corrected chi connectivity index (χ2v) is 7.28. The average molecular weight is 417 g/mol. The molecule has 0 aliphatic carbocycles. The highest BCUT2D eigenvalue weighted by Crippen LogP contribution is 2.32. The second-order valence-electron chi connectivity index (χ2n) is 7.28. The molecule has 0 fully saturated rings. The van der Waals surface area contributed by atoms with Crippen LogP contribution in [0.1, 0.15) is 18.9 Å². The maximum Gasteiger partial charge on any atom is 0.244 e. The van der Waals surface area contributed by atoms with Crippen LogP contribution >= 0.6 is 0 Å². The van der Waals surface area contributed by atoms with Crippen LogP contribution in [0.4, 0.5) is 5.69 Å². The van der Waals surface area contributed by atoms with Crippen molar-refractivity contribution >= 4 is 34.0 Å². The van der Waals surface area contributed by atoms with Crippen molar-refractivity contribution in [2.75, 3.05) is 18.5 Å². The van der Waals surface area contributed by atoms with Gasteiger partial charge >= 0.3 is 0 Å². The summed E-state index contributed by atoms with van der Waals surface area (Å²) in [4.78, 5) is 24.6. The Bertz CT molecular complexity index is 1150. The predicted octanol–water partition coefficient (Wildman–Crippen LogP) is 3.67. The third kappa shape index (κ3) is 5.19. The van der Waals surface area contributed by atoms with Crippen LogP contribution in [-0.4, -0.2) is 30.7 Å². The average Bonchev–Trinajstić information content (AvgIpc) is 2.78. The van der Waals surface area contributed by atoms with E-state index in [1.54, 1.807) is 25.1 Å². The molecule has 3 aromatic carbocycles. The minimum atomic E-state index is -0.235. The third-order valence-electron chi connectivity index (χ3n) is 4.84. The molecule has 1 heterocycles. The van der Waals surface area contributed by atoms with Gasteiger partial charge in [0.15, 0.2) is 11.5 Å². The summed E-state index contributed by atoms with van der Waals surface area (Å²) in [5.41, 5.74) is 4.58. The molecule has 0 bridgehead atoms. The Kier molecular flexibility index (Phi) is 6.12. The zero-order valence-corrected chi connectivity index (χ0v) is 17.2. The lowest BCUT2D eigenvalue weighted by Gasteiger charge is -2.19.